The molecule has 2 aliphatic rings. The number of ether oxygens (including phenoxy) is 1. The molecule has 2 fully saturated rings. The summed E-state index contributed by atoms with van der Waals surface area (Å²) in [7, 11) is 0. The van der Waals surface area contributed by atoms with Gasteiger partial charge in [0.2, 0.25) is 0 Å². The van der Waals surface area contributed by atoms with Crippen LogP contribution < -0.4 is 5.32 Å². The second-order valence-electron chi connectivity index (χ2n) is 6.75. The third kappa shape index (κ3) is 4.07. The molecule has 0 spiro atoms. The van der Waals surface area contributed by atoms with Gasteiger partial charge in [-0.25, -0.2) is 4.98 Å². The number of aromatic nitrogens is 4. The normalized spacial score (nSPS) is 21.9. The molecule has 2 saturated heterocycles. The van der Waals surface area contributed by atoms with E-state index in [2.05, 4.69) is 32.0 Å². The Balaban J connectivity index is 1.53. The van der Waals surface area contributed by atoms with Crippen molar-refractivity contribution in [2.75, 3.05) is 19.7 Å². The number of thioether (sulfide) groups is 1. The van der Waals surface area contributed by atoms with Crippen molar-refractivity contribution in [3.05, 3.63) is 21.9 Å². The van der Waals surface area contributed by atoms with Crippen molar-refractivity contribution in [1.29, 1.82) is 0 Å². The summed E-state index contributed by atoms with van der Waals surface area (Å²) in [6, 6.07) is 0. The molecule has 0 amide bonds. The Morgan fingerprint density at radius 3 is 2.92 bits per heavy atom. The Hall–Kier alpha value is -0.960. The highest BCUT2D eigenvalue weighted by Crippen LogP contribution is 2.30. The molecule has 25 heavy (non-hydrogen) atoms. The van der Waals surface area contributed by atoms with Crippen LogP contribution in [0.4, 0.5) is 0 Å². The van der Waals surface area contributed by atoms with Crippen LogP contribution in [0.5, 0.6) is 0 Å². The Morgan fingerprint density at radius 1 is 1.32 bits per heavy atom. The van der Waals surface area contributed by atoms with Crippen molar-refractivity contribution < 1.29 is 4.74 Å². The maximum absolute atomic E-state index is 5.88. The van der Waals surface area contributed by atoms with Crippen LogP contribution in [-0.4, -0.2) is 45.5 Å². The van der Waals surface area contributed by atoms with Crippen LogP contribution in [0.25, 0.3) is 0 Å². The van der Waals surface area contributed by atoms with E-state index >= 15 is 0 Å². The van der Waals surface area contributed by atoms with Gasteiger partial charge >= 0.3 is 0 Å². The third-order valence-electron chi connectivity index (χ3n) is 5.04. The molecule has 8 heteroatoms. The van der Waals surface area contributed by atoms with Gasteiger partial charge in [-0.15, -0.1) is 21.5 Å². The van der Waals surface area contributed by atoms with Crippen LogP contribution >= 0.6 is 23.1 Å². The fourth-order valence-electron chi connectivity index (χ4n) is 3.55. The monoisotopic (exact) mass is 379 g/mol. The number of hydrogen-bond donors (Lipinski definition) is 1. The minimum absolute atomic E-state index is 0.303. The van der Waals surface area contributed by atoms with Crippen LogP contribution in [0.15, 0.2) is 10.7 Å². The third-order valence-corrected chi connectivity index (χ3v) is 6.82. The molecule has 136 valence electrons. The van der Waals surface area contributed by atoms with E-state index in [4.69, 9.17) is 4.74 Å². The Bertz CT molecular complexity index is 689. The molecule has 0 bridgehead atoms. The first-order valence-corrected chi connectivity index (χ1v) is 10.9. The minimum Gasteiger partial charge on any atom is -0.376 e. The van der Waals surface area contributed by atoms with Gasteiger partial charge in [0, 0.05) is 23.2 Å². The maximum Gasteiger partial charge on any atom is 0.191 e. The first-order chi connectivity index (χ1) is 12.3. The van der Waals surface area contributed by atoms with E-state index < -0.39 is 0 Å². The first-order valence-electron chi connectivity index (χ1n) is 9.08. The number of rotatable bonds is 6. The van der Waals surface area contributed by atoms with Gasteiger partial charge in [-0.3, -0.25) is 0 Å². The summed E-state index contributed by atoms with van der Waals surface area (Å²) < 4.78 is 8.22. The minimum atomic E-state index is 0.303. The molecule has 2 aromatic rings. The quantitative estimate of drug-likeness (QED) is 0.779. The van der Waals surface area contributed by atoms with Gasteiger partial charge in [-0.2, -0.15) is 0 Å². The number of hydrogen-bond acceptors (Lipinski definition) is 7. The Labute approximate surface area is 156 Å². The summed E-state index contributed by atoms with van der Waals surface area (Å²) in [6.07, 6.45) is 4.88. The molecule has 0 aromatic carbocycles. The molecule has 2 aromatic heterocycles. The van der Waals surface area contributed by atoms with Gasteiger partial charge in [-0.05, 0) is 45.7 Å². The van der Waals surface area contributed by atoms with Crippen molar-refractivity contribution in [3.63, 3.8) is 0 Å². The molecule has 1 N–H and O–H groups in total. The van der Waals surface area contributed by atoms with Gasteiger partial charge in [-0.1, -0.05) is 11.8 Å². The van der Waals surface area contributed by atoms with Crippen LogP contribution in [0, 0.1) is 6.92 Å². The highest BCUT2D eigenvalue weighted by molar-refractivity contribution is 7.98. The van der Waals surface area contributed by atoms with E-state index in [1.807, 2.05) is 5.51 Å². The van der Waals surface area contributed by atoms with E-state index in [0.29, 0.717) is 12.0 Å². The summed E-state index contributed by atoms with van der Waals surface area (Å²) in [5.41, 5.74) is 3.08. The Morgan fingerprint density at radius 2 is 2.20 bits per heavy atom. The summed E-state index contributed by atoms with van der Waals surface area (Å²) >= 11 is 3.45. The van der Waals surface area contributed by atoms with E-state index in [9.17, 15) is 0 Å². The van der Waals surface area contributed by atoms with Crippen molar-refractivity contribution in [3.8, 4) is 0 Å². The van der Waals surface area contributed by atoms with E-state index in [-0.39, 0.29) is 0 Å². The van der Waals surface area contributed by atoms with E-state index in [1.54, 1.807) is 23.1 Å². The van der Waals surface area contributed by atoms with Crippen molar-refractivity contribution in [1.82, 2.24) is 25.1 Å². The molecule has 0 radical (unpaired) electrons. The second-order valence-corrected chi connectivity index (χ2v) is 8.76. The fourth-order valence-corrected chi connectivity index (χ4v) is 5.22. The number of thiazole rings is 1. The average Bonchev–Trinajstić information content (AvgIpc) is 3.37. The topological polar surface area (TPSA) is 64.9 Å². The van der Waals surface area contributed by atoms with Crippen molar-refractivity contribution >= 4 is 23.1 Å². The molecule has 4 heterocycles. The predicted molar refractivity (Wildman–Crippen MR) is 100 cm³/mol. The van der Waals surface area contributed by atoms with Crippen LogP contribution in [0.2, 0.25) is 0 Å². The molecule has 2 aliphatic heterocycles. The lowest BCUT2D eigenvalue weighted by Crippen LogP contribution is -2.29. The zero-order valence-corrected chi connectivity index (χ0v) is 16.2. The van der Waals surface area contributed by atoms with Crippen LogP contribution in [-0.2, 0) is 17.0 Å². The highest BCUT2D eigenvalue weighted by atomic mass is 32.2. The average molecular weight is 380 g/mol. The number of nitrogens with zero attached hydrogens (tertiary/aromatic N) is 4. The lowest BCUT2D eigenvalue weighted by molar-refractivity contribution is 0.0936. The molecular formula is C17H25N5OS2. The van der Waals surface area contributed by atoms with Gasteiger partial charge in [0.1, 0.15) is 5.82 Å². The van der Waals surface area contributed by atoms with Crippen molar-refractivity contribution in [2.24, 2.45) is 0 Å². The SMILES string of the molecule is Cc1scnc1CSc1nnc(C2CCNCC2)n1C[C@H]1CCCO1. The van der Waals surface area contributed by atoms with E-state index in [1.165, 1.54) is 4.88 Å². The predicted octanol–water partition coefficient (Wildman–Crippen LogP) is 2.98. The number of nitrogens with one attached hydrogen (secondary N) is 1. The summed E-state index contributed by atoms with van der Waals surface area (Å²) in [5.74, 6) is 2.51. The largest absolute Gasteiger partial charge is 0.376 e. The molecule has 0 saturated carbocycles. The van der Waals surface area contributed by atoms with E-state index in [0.717, 1.165) is 74.4 Å². The standard InChI is InChI=1S/C17H25N5OS2/c1-12-15(19-11-25-12)10-24-17-21-20-16(13-4-6-18-7-5-13)22(17)9-14-3-2-8-23-14/h11,13-14,18H,2-10H2,1H3/t14-/m1/s1. The molecule has 0 unspecified atom stereocenters. The van der Waals surface area contributed by atoms with Crippen molar-refractivity contribution in [2.45, 2.75) is 62.1 Å². The molecular weight excluding hydrogens is 354 g/mol. The van der Waals surface area contributed by atoms with Gasteiger partial charge in [0.25, 0.3) is 0 Å². The summed E-state index contributed by atoms with van der Waals surface area (Å²) in [4.78, 5) is 5.76. The zero-order chi connectivity index (χ0) is 17.1. The molecule has 0 aliphatic carbocycles. The first kappa shape index (κ1) is 17.5. The molecule has 6 nitrogen and oxygen atoms in total. The van der Waals surface area contributed by atoms with Gasteiger partial charge in [0.05, 0.1) is 23.9 Å². The van der Waals surface area contributed by atoms with Gasteiger partial charge in [0.15, 0.2) is 5.16 Å². The maximum atomic E-state index is 5.88. The van der Waals surface area contributed by atoms with Crippen LogP contribution in [0.3, 0.4) is 0 Å². The Kier molecular flexibility index (Phi) is 5.70. The second kappa shape index (κ2) is 8.16. The lowest BCUT2D eigenvalue weighted by Gasteiger charge is -2.23. The number of aryl methyl sites for hydroxylation is 1. The zero-order valence-electron chi connectivity index (χ0n) is 14.6. The van der Waals surface area contributed by atoms with Crippen LogP contribution in [0.1, 0.15) is 48.0 Å². The molecule has 4 rings (SSSR count). The summed E-state index contributed by atoms with van der Waals surface area (Å²) in [6.45, 7) is 6.03. The number of piperidine rings is 1. The smallest absolute Gasteiger partial charge is 0.191 e. The fraction of sp³-hybridized carbons (Fsp3) is 0.706. The molecule has 1 atom stereocenters. The van der Waals surface area contributed by atoms with Gasteiger partial charge < -0.3 is 14.6 Å². The lowest BCUT2D eigenvalue weighted by atomic mass is 9.97. The summed E-state index contributed by atoms with van der Waals surface area (Å²) in [5, 5.41) is 13.6. The highest BCUT2D eigenvalue weighted by Gasteiger charge is 2.26.